The van der Waals surface area contributed by atoms with Gasteiger partial charge in [0.25, 0.3) is 0 Å². The summed E-state index contributed by atoms with van der Waals surface area (Å²) in [5.74, 6) is 0.938. The summed E-state index contributed by atoms with van der Waals surface area (Å²) in [4.78, 5) is 0. The lowest BCUT2D eigenvalue weighted by Crippen LogP contribution is -1.87. The maximum absolute atomic E-state index is 4.97. The second-order valence-corrected chi connectivity index (χ2v) is 2.61. The van der Waals surface area contributed by atoms with Crippen molar-refractivity contribution in [1.82, 2.24) is 0 Å². The van der Waals surface area contributed by atoms with E-state index in [-0.39, 0.29) is 0 Å². The molecule has 0 aromatic carbocycles. The van der Waals surface area contributed by atoms with Crippen LogP contribution < -0.4 is 0 Å². The number of ether oxygens (including phenoxy) is 1. The van der Waals surface area contributed by atoms with E-state index in [4.69, 9.17) is 4.74 Å². The van der Waals surface area contributed by atoms with Crippen LogP contribution in [0.25, 0.3) is 0 Å². The summed E-state index contributed by atoms with van der Waals surface area (Å²) < 4.78 is 4.97. The molecule has 8 heavy (non-hydrogen) atoms. The minimum absolute atomic E-state index is 0.749. The second kappa shape index (κ2) is 7.24. The highest BCUT2D eigenvalue weighted by molar-refractivity contribution is 8.68. The Morgan fingerprint density at radius 3 is 3.00 bits per heavy atom. The molecule has 0 aromatic heterocycles. The molecule has 0 aliphatic carbocycles. The van der Waals surface area contributed by atoms with E-state index in [9.17, 15) is 0 Å². The Morgan fingerprint density at radius 2 is 2.50 bits per heavy atom. The molecule has 3 heteroatoms. The van der Waals surface area contributed by atoms with Gasteiger partial charge in [-0.3, -0.25) is 0 Å². The highest BCUT2D eigenvalue weighted by atomic mass is 33.1. The van der Waals surface area contributed by atoms with Gasteiger partial charge in [-0.15, -0.1) is 11.7 Å². The second-order valence-electron chi connectivity index (χ2n) is 1.17. The van der Waals surface area contributed by atoms with Gasteiger partial charge in [0.2, 0.25) is 0 Å². The molecular formula is C5H10OS2. The van der Waals surface area contributed by atoms with Crippen LogP contribution in [0.1, 0.15) is 6.92 Å². The van der Waals surface area contributed by atoms with Gasteiger partial charge in [0.15, 0.2) is 0 Å². The molecule has 0 bridgehead atoms. The first-order valence-corrected chi connectivity index (χ1v) is 4.44. The van der Waals surface area contributed by atoms with Gasteiger partial charge in [0.1, 0.15) is 0 Å². The monoisotopic (exact) mass is 150 g/mol. The zero-order valence-electron chi connectivity index (χ0n) is 4.83. The van der Waals surface area contributed by atoms with Crippen molar-refractivity contribution in [3.8, 4) is 0 Å². The molecule has 0 saturated carbocycles. The highest BCUT2D eigenvalue weighted by Crippen LogP contribution is 2.02. The number of thiol groups is 1. The van der Waals surface area contributed by atoms with Gasteiger partial charge in [0.05, 0.1) is 12.9 Å². The first-order valence-electron chi connectivity index (χ1n) is 2.41. The van der Waals surface area contributed by atoms with Crippen LogP contribution in [0.5, 0.6) is 0 Å². The predicted molar refractivity (Wildman–Crippen MR) is 42.2 cm³/mol. The number of hydrogen-bond acceptors (Lipinski definition) is 3. The maximum Gasteiger partial charge on any atom is 0.0971 e. The van der Waals surface area contributed by atoms with Gasteiger partial charge < -0.3 is 4.74 Å². The lowest BCUT2D eigenvalue weighted by atomic mass is 10.7. The van der Waals surface area contributed by atoms with E-state index in [1.807, 2.05) is 13.0 Å². The average Bonchev–Trinajstić information content (AvgIpc) is 1.81. The summed E-state index contributed by atoms with van der Waals surface area (Å²) in [6, 6.07) is 0. The molecule has 0 amide bonds. The maximum atomic E-state index is 4.97. The Labute approximate surface area is 59.3 Å². The van der Waals surface area contributed by atoms with E-state index in [1.54, 1.807) is 6.26 Å². The smallest absolute Gasteiger partial charge is 0.0971 e. The number of hydrogen-bond donors (Lipinski definition) is 1. The fourth-order valence-electron chi connectivity index (χ4n) is 0.250. The van der Waals surface area contributed by atoms with Gasteiger partial charge in [-0.2, -0.15) is 0 Å². The molecule has 0 radical (unpaired) electrons. The Bertz CT molecular complexity index is 63.4. The van der Waals surface area contributed by atoms with E-state index >= 15 is 0 Å². The van der Waals surface area contributed by atoms with Gasteiger partial charge in [-0.25, -0.2) is 0 Å². The Balaban J connectivity index is 2.72. The average molecular weight is 150 g/mol. The van der Waals surface area contributed by atoms with Crippen molar-refractivity contribution >= 4 is 22.5 Å². The summed E-state index contributed by atoms with van der Waals surface area (Å²) in [5.41, 5.74) is 0. The topological polar surface area (TPSA) is 9.23 Å². The Kier molecular flexibility index (Phi) is 7.46. The normalized spacial score (nSPS) is 10.2. The Hall–Kier alpha value is 0.240. The fourth-order valence-corrected chi connectivity index (χ4v) is 0.644. The van der Waals surface area contributed by atoms with Crippen molar-refractivity contribution in [2.75, 3.05) is 12.4 Å². The summed E-state index contributed by atoms with van der Waals surface area (Å²) in [5, 5.41) is 0. The van der Waals surface area contributed by atoms with Crippen molar-refractivity contribution in [1.29, 1.82) is 0 Å². The van der Waals surface area contributed by atoms with Crippen LogP contribution in [-0.2, 0) is 4.74 Å². The largest absolute Gasteiger partial charge is 0.501 e. The third-order valence-electron chi connectivity index (χ3n) is 0.525. The molecule has 0 spiro atoms. The van der Waals surface area contributed by atoms with Crippen LogP contribution in [0.3, 0.4) is 0 Å². The number of rotatable bonds is 4. The quantitative estimate of drug-likeness (QED) is 0.284. The third-order valence-corrected chi connectivity index (χ3v) is 1.42. The minimum atomic E-state index is 0.749. The molecule has 0 fully saturated rings. The van der Waals surface area contributed by atoms with Crippen LogP contribution in [0.2, 0.25) is 0 Å². The third kappa shape index (κ3) is 6.24. The van der Waals surface area contributed by atoms with Gasteiger partial charge in [-0.1, -0.05) is 16.9 Å². The lowest BCUT2D eigenvalue weighted by Gasteiger charge is -1.94. The molecule has 0 atom stereocenters. The van der Waals surface area contributed by atoms with Crippen molar-refractivity contribution in [2.24, 2.45) is 0 Å². The molecular weight excluding hydrogens is 140 g/mol. The predicted octanol–water partition coefficient (Wildman–Crippen LogP) is 2.11. The standard InChI is InChI=1S/C5H10OS2/c1-2-3-6-4-5-8-7/h2-3,7H,4-5H2,1H3. The molecule has 0 aliphatic heterocycles. The van der Waals surface area contributed by atoms with Crippen LogP contribution in [0.4, 0.5) is 0 Å². The summed E-state index contributed by atoms with van der Waals surface area (Å²) in [7, 11) is 1.49. The zero-order chi connectivity index (χ0) is 6.24. The van der Waals surface area contributed by atoms with Crippen molar-refractivity contribution in [3.05, 3.63) is 12.3 Å². The molecule has 0 aliphatic rings. The molecule has 0 unspecified atom stereocenters. The number of allylic oxidation sites excluding steroid dienone is 1. The van der Waals surface area contributed by atoms with Crippen LogP contribution in [0, 0.1) is 0 Å². The zero-order valence-corrected chi connectivity index (χ0v) is 6.54. The van der Waals surface area contributed by atoms with Gasteiger partial charge in [-0.05, 0) is 6.92 Å². The molecule has 0 heterocycles. The first kappa shape index (κ1) is 8.24. The molecule has 0 saturated heterocycles. The van der Waals surface area contributed by atoms with E-state index in [0.29, 0.717) is 0 Å². The van der Waals surface area contributed by atoms with E-state index in [2.05, 4.69) is 11.7 Å². The molecule has 48 valence electrons. The molecule has 0 aromatic rings. The fraction of sp³-hybridized carbons (Fsp3) is 0.600. The van der Waals surface area contributed by atoms with Gasteiger partial charge >= 0.3 is 0 Å². The molecule has 0 N–H and O–H groups in total. The summed E-state index contributed by atoms with van der Waals surface area (Å²) in [6.07, 6.45) is 3.55. The Morgan fingerprint density at radius 1 is 1.75 bits per heavy atom. The van der Waals surface area contributed by atoms with Crippen molar-refractivity contribution in [2.45, 2.75) is 6.92 Å². The first-order chi connectivity index (χ1) is 3.91. The van der Waals surface area contributed by atoms with Crippen LogP contribution in [0.15, 0.2) is 12.3 Å². The van der Waals surface area contributed by atoms with Gasteiger partial charge in [0, 0.05) is 5.75 Å². The molecule has 0 rings (SSSR count). The van der Waals surface area contributed by atoms with E-state index in [1.165, 1.54) is 10.8 Å². The van der Waals surface area contributed by atoms with Crippen LogP contribution >= 0.6 is 22.5 Å². The SMILES string of the molecule is CC=COCCSS. The summed E-state index contributed by atoms with van der Waals surface area (Å²) in [6.45, 7) is 2.67. The van der Waals surface area contributed by atoms with Crippen LogP contribution in [-0.4, -0.2) is 12.4 Å². The lowest BCUT2D eigenvalue weighted by molar-refractivity contribution is 0.272. The highest BCUT2D eigenvalue weighted by Gasteiger charge is 1.78. The van der Waals surface area contributed by atoms with Crippen molar-refractivity contribution in [3.63, 3.8) is 0 Å². The summed E-state index contributed by atoms with van der Waals surface area (Å²) >= 11 is 3.94. The minimum Gasteiger partial charge on any atom is -0.501 e. The van der Waals surface area contributed by atoms with E-state index < -0.39 is 0 Å². The van der Waals surface area contributed by atoms with Crippen molar-refractivity contribution < 1.29 is 4.74 Å². The van der Waals surface area contributed by atoms with E-state index in [0.717, 1.165) is 12.4 Å². The molecule has 1 nitrogen and oxygen atoms in total.